The summed E-state index contributed by atoms with van der Waals surface area (Å²) in [6, 6.07) is 2.23. The van der Waals surface area contributed by atoms with Gasteiger partial charge >= 0.3 is 12.8 Å². The Bertz CT molecular complexity index is 793. The molecule has 0 spiro atoms. The van der Waals surface area contributed by atoms with E-state index < -0.39 is 24.1 Å². The molecule has 0 saturated heterocycles. The second kappa shape index (κ2) is 7.53. The van der Waals surface area contributed by atoms with Crippen LogP contribution in [0.2, 0.25) is 25.1 Å². The molecule has 0 saturated carbocycles. The molecule has 0 bridgehead atoms. The molecule has 0 unspecified atom stereocenters. The Kier molecular flexibility index (Phi) is 6.22. The number of alkyl halides is 5. The summed E-state index contributed by atoms with van der Waals surface area (Å²) >= 11 is 29.7. The standard InChI is InChI=1S/C14H4Cl5F5O/c15-8-7(9(16)11(18)12(19)10(8)17)4-1-2-5(14(22,23)24)6(3-4)25-13(20)21/h1-3,13H. The fourth-order valence-electron chi connectivity index (χ4n) is 1.96. The van der Waals surface area contributed by atoms with Crippen LogP contribution in [0.3, 0.4) is 0 Å². The van der Waals surface area contributed by atoms with Gasteiger partial charge in [-0.1, -0.05) is 64.1 Å². The highest BCUT2D eigenvalue weighted by molar-refractivity contribution is 6.56. The first-order valence-corrected chi connectivity index (χ1v) is 8.02. The number of hydrogen-bond acceptors (Lipinski definition) is 1. The van der Waals surface area contributed by atoms with E-state index in [1.165, 1.54) is 0 Å². The van der Waals surface area contributed by atoms with Crippen molar-refractivity contribution < 1.29 is 26.7 Å². The van der Waals surface area contributed by atoms with Gasteiger partial charge in [0.15, 0.2) is 0 Å². The lowest BCUT2D eigenvalue weighted by molar-refractivity contribution is -0.141. The molecule has 0 amide bonds. The summed E-state index contributed by atoms with van der Waals surface area (Å²) in [5.41, 5.74) is -1.54. The molecular weight excluding hydrogens is 456 g/mol. The monoisotopic (exact) mass is 458 g/mol. The van der Waals surface area contributed by atoms with Gasteiger partial charge < -0.3 is 4.74 Å². The first-order chi connectivity index (χ1) is 11.4. The number of rotatable bonds is 3. The van der Waals surface area contributed by atoms with Gasteiger partial charge in [-0.15, -0.1) is 0 Å². The number of benzene rings is 2. The molecule has 136 valence electrons. The first kappa shape index (κ1) is 20.6. The minimum absolute atomic E-state index is 0.0703. The molecule has 0 aromatic heterocycles. The topological polar surface area (TPSA) is 9.23 Å². The molecule has 0 fully saturated rings. The van der Waals surface area contributed by atoms with Gasteiger partial charge in [0.1, 0.15) is 5.75 Å². The van der Waals surface area contributed by atoms with Crippen LogP contribution in [-0.2, 0) is 6.18 Å². The average molecular weight is 460 g/mol. The zero-order chi connectivity index (χ0) is 19.1. The Morgan fingerprint density at radius 1 is 0.800 bits per heavy atom. The van der Waals surface area contributed by atoms with Gasteiger partial charge in [-0.2, -0.15) is 22.0 Å². The van der Waals surface area contributed by atoms with Crippen LogP contribution >= 0.6 is 58.0 Å². The summed E-state index contributed by atoms with van der Waals surface area (Å²) in [5.74, 6) is -1.10. The molecule has 2 aromatic rings. The normalized spacial score (nSPS) is 12.0. The van der Waals surface area contributed by atoms with Crippen molar-refractivity contribution in [2.24, 2.45) is 0 Å². The molecule has 11 heteroatoms. The average Bonchev–Trinajstić information content (AvgIpc) is 2.49. The van der Waals surface area contributed by atoms with Crippen LogP contribution in [0.15, 0.2) is 18.2 Å². The van der Waals surface area contributed by atoms with Crippen molar-refractivity contribution in [2.45, 2.75) is 12.8 Å². The van der Waals surface area contributed by atoms with E-state index in [4.69, 9.17) is 58.0 Å². The Morgan fingerprint density at radius 3 is 1.72 bits per heavy atom. The molecule has 0 aliphatic carbocycles. The molecular formula is C14H4Cl5F5O. The Labute approximate surface area is 163 Å². The van der Waals surface area contributed by atoms with E-state index in [1.807, 2.05) is 0 Å². The highest BCUT2D eigenvalue weighted by Crippen LogP contribution is 2.49. The molecule has 0 atom stereocenters. The maximum Gasteiger partial charge on any atom is 0.419 e. The summed E-state index contributed by atoms with van der Waals surface area (Å²) in [6.45, 7) is -3.47. The van der Waals surface area contributed by atoms with Gasteiger partial charge in [0, 0.05) is 5.56 Å². The summed E-state index contributed by atoms with van der Waals surface area (Å²) in [4.78, 5) is 0. The first-order valence-electron chi connectivity index (χ1n) is 6.13. The van der Waals surface area contributed by atoms with Crippen molar-refractivity contribution in [2.75, 3.05) is 0 Å². The third kappa shape index (κ3) is 4.19. The highest BCUT2D eigenvalue weighted by atomic mass is 35.5. The predicted octanol–water partition coefficient (Wildman–Crippen LogP) is 8.24. The van der Waals surface area contributed by atoms with Crippen LogP contribution in [0.25, 0.3) is 11.1 Å². The van der Waals surface area contributed by atoms with Gasteiger partial charge in [0.05, 0.1) is 30.7 Å². The molecule has 0 aliphatic rings. The van der Waals surface area contributed by atoms with Crippen molar-refractivity contribution in [1.29, 1.82) is 0 Å². The zero-order valence-corrected chi connectivity index (χ0v) is 15.3. The van der Waals surface area contributed by atoms with E-state index in [0.29, 0.717) is 12.1 Å². The predicted molar refractivity (Wildman–Crippen MR) is 88.6 cm³/mol. The lowest BCUT2D eigenvalue weighted by atomic mass is 10.0. The van der Waals surface area contributed by atoms with Crippen LogP contribution < -0.4 is 4.74 Å². The SMILES string of the molecule is FC(F)Oc1cc(-c2c(Cl)c(Cl)c(Cl)c(Cl)c2Cl)ccc1C(F)(F)F. The Balaban J connectivity index is 2.74. The number of hydrogen-bond donors (Lipinski definition) is 0. The smallest absolute Gasteiger partial charge is 0.419 e. The van der Waals surface area contributed by atoms with E-state index in [-0.39, 0.29) is 36.2 Å². The summed E-state index contributed by atoms with van der Waals surface area (Å²) in [6.07, 6.45) is -4.91. The molecule has 2 rings (SSSR count). The maximum atomic E-state index is 12.9. The van der Waals surface area contributed by atoms with Crippen LogP contribution in [0.5, 0.6) is 5.75 Å². The third-order valence-electron chi connectivity index (χ3n) is 3.00. The van der Waals surface area contributed by atoms with Crippen LogP contribution in [0.1, 0.15) is 5.56 Å². The van der Waals surface area contributed by atoms with Crippen LogP contribution in [-0.4, -0.2) is 6.61 Å². The van der Waals surface area contributed by atoms with Crippen LogP contribution in [0.4, 0.5) is 22.0 Å². The van der Waals surface area contributed by atoms with E-state index in [1.54, 1.807) is 0 Å². The van der Waals surface area contributed by atoms with Crippen molar-refractivity contribution in [3.05, 3.63) is 48.9 Å². The van der Waals surface area contributed by atoms with Crippen molar-refractivity contribution in [1.82, 2.24) is 0 Å². The maximum absolute atomic E-state index is 12.9. The molecule has 0 radical (unpaired) electrons. The lowest BCUT2D eigenvalue weighted by Crippen LogP contribution is -2.11. The Morgan fingerprint density at radius 2 is 1.28 bits per heavy atom. The van der Waals surface area contributed by atoms with E-state index in [2.05, 4.69) is 4.74 Å². The largest absolute Gasteiger partial charge is 0.434 e. The highest BCUT2D eigenvalue weighted by Gasteiger charge is 2.35. The molecule has 0 N–H and O–H groups in total. The molecule has 0 heterocycles. The summed E-state index contributed by atoms with van der Waals surface area (Å²) in [5, 5.41) is -0.946. The molecule has 1 nitrogen and oxygen atoms in total. The van der Waals surface area contributed by atoms with Gasteiger partial charge in [0.25, 0.3) is 0 Å². The second-order valence-electron chi connectivity index (χ2n) is 4.53. The molecule has 2 aromatic carbocycles. The quantitative estimate of drug-likeness (QED) is 0.255. The van der Waals surface area contributed by atoms with Gasteiger partial charge in [-0.05, 0) is 17.7 Å². The summed E-state index contributed by atoms with van der Waals surface area (Å²) in [7, 11) is 0. The fourth-order valence-corrected chi connectivity index (χ4v) is 3.32. The van der Waals surface area contributed by atoms with Crippen LogP contribution in [0, 0.1) is 0 Å². The molecule has 25 heavy (non-hydrogen) atoms. The molecule has 0 aliphatic heterocycles. The van der Waals surface area contributed by atoms with E-state index in [0.717, 1.165) is 6.07 Å². The summed E-state index contributed by atoms with van der Waals surface area (Å²) < 4.78 is 67.7. The minimum atomic E-state index is -4.91. The van der Waals surface area contributed by atoms with Crippen molar-refractivity contribution >= 4 is 58.0 Å². The van der Waals surface area contributed by atoms with Gasteiger partial charge in [-0.25, -0.2) is 0 Å². The van der Waals surface area contributed by atoms with Gasteiger partial charge in [-0.3, -0.25) is 0 Å². The minimum Gasteiger partial charge on any atom is -0.434 e. The van der Waals surface area contributed by atoms with Crippen molar-refractivity contribution in [3.63, 3.8) is 0 Å². The number of halogens is 10. The van der Waals surface area contributed by atoms with Crippen molar-refractivity contribution in [3.8, 4) is 16.9 Å². The number of ether oxygens (including phenoxy) is 1. The van der Waals surface area contributed by atoms with Gasteiger partial charge in [0.2, 0.25) is 0 Å². The second-order valence-corrected chi connectivity index (χ2v) is 6.42. The lowest BCUT2D eigenvalue weighted by Gasteiger charge is -2.17. The fraction of sp³-hybridized carbons (Fsp3) is 0.143. The Hall–Kier alpha value is -0.660. The third-order valence-corrected chi connectivity index (χ3v) is 5.28. The zero-order valence-electron chi connectivity index (χ0n) is 11.5. The van der Waals surface area contributed by atoms with E-state index in [9.17, 15) is 22.0 Å². The van der Waals surface area contributed by atoms with E-state index >= 15 is 0 Å².